The number of rotatable bonds is 4. The average Bonchev–Trinajstić information content (AvgIpc) is 2.38. The van der Waals surface area contributed by atoms with Gasteiger partial charge in [-0.2, -0.15) is 0 Å². The van der Waals surface area contributed by atoms with Gasteiger partial charge in [0.25, 0.3) is 0 Å². The van der Waals surface area contributed by atoms with Crippen LogP contribution in [0.2, 0.25) is 0 Å². The molecule has 2 atom stereocenters. The number of benzene rings is 1. The first kappa shape index (κ1) is 15.0. The fourth-order valence-electron chi connectivity index (χ4n) is 2.46. The summed E-state index contributed by atoms with van der Waals surface area (Å²) in [7, 11) is -3.82. The number of nitrogens with two attached hydrogens (primary N) is 1. The molecule has 0 radical (unpaired) electrons. The Labute approximate surface area is 118 Å². The molecule has 7 heteroatoms. The van der Waals surface area contributed by atoms with E-state index in [1.54, 1.807) is 6.07 Å². The van der Waals surface area contributed by atoms with Crippen LogP contribution in [0.4, 0.5) is 0 Å². The number of sulfonamides is 1. The fourth-order valence-corrected chi connectivity index (χ4v) is 3.95. The maximum absolute atomic E-state index is 12.3. The van der Waals surface area contributed by atoms with E-state index in [1.807, 2.05) is 0 Å². The Kier molecular flexibility index (Phi) is 4.42. The van der Waals surface area contributed by atoms with E-state index in [-0.39, 0.29) is 16.5 Å². The minimum absolute atomic E-state index is 0.0312. The molecule has 1 fully saturated rings. The van der Waals surface area contributed by atoms with E-state index >= 15 is 0 Å². The first-order valence-corrected chi connectivity index (χ1v) is 7.97. The van der Waals surface area contributed by atoms with E-state index < -0.39 is 22.0 Å². The van der Waals surface area contributed by atoms with Gasteiger partial charge in [0.05, 0.1) is 16.6 Å². The lowest BCUT2D eigenvalue weighted by Crippen LogP contribution is -2.40. The predicted octanol–water partition coefficient (Wildman–Crippen LogP) is 0.367. The summed E-state index contributed by atoms with van der Waals surface area (Å²) in [5.74, 6) is -0.783. The fraction of sp³-hybridized carbons (Fsp3) is 0.462. The molecule has 0 unspecified atom stereocenters. The topological polar surface area (TPSA) is 109 Å². The molecule has 2 rings (SSSR count). The van der Waals surface area contributed by atoms with E-state index in [9.17, 15) is 18.3 Å². The van der Waals surface area contributed by atoms with Gasteiger partial charge in [-0.05, 0) is 37.8 Å². The van der Waals surface area contributed by atoms with Crippen molar-refractivity contribution in [2.24, 2.45) is 5.73 Å². The van der Waals surface area contributed by atoms with Gasteiger partial charge in [-0.3, -0.25) is 4.79 Å². The summed E-state index contributed by atoms with van der Waals surface area (Å²) in [6.07, 6.45) is 2.04. The Morgan fingerprint density at radius 2 is 2.00 bits per heavy atom. The molecular weight excluding hydrogens is 280 g/mol. The highest BCUT2D eigenvalue weighted by atomic mass is 32.2. The third-order valence-corrected chi connectivity index (χ3v) is 4.99. The third-order valence-electron chi connectivity index (χ3n) is 3.41. The lowest BCUT2D eigenvalue weighted by Gasteiger charge is -2.26. The number of hydrogen-bond donors (Lipinski definition) is 3. The Bertz CT molecular complexity index is 600. The van der Waals surface area contributed by atoms with Gasteiger partial charge < -0.3 is 10.8 Å². The monoisotopic (exact) mass is 298 g/mol. The second-order valence-corrected chi connectivity index (χ2v) is 6.68. The number of hydrogen-bond acceptors (Lipinski definition) is 4. The molecule has 1 aliphatic rings. The predicted molar refractivity (Wildman–Crippen MR) is 73.5 cm³/mol. The van der Waals surface area contributed by atoms with Crippen molar-refractivity contribution in [3.05, 3.63) is 29.8 Å². The van der Waals surface area contributed by atoms with Crippen molar-refractivity contribution >= 4 is 15.9 Å². The van der Waals surface area contributed by atoms with Crippen molar-refractivity contribution in [1.82, 2.24) is 4.72 Å². The summed E-state index contributed by atoms with van der Waals surface area (Å²) in [5, 5.41) is 9.58. The van der Waals surface area contributed by atoms with Gasteiger partial charge in [0.1, 0.15) is 0 Å². The SMILES string of the molecule is NC(=O)c1ccccc1S(=O)(=O)N[C@H]1CCC[C@H](O)C1. The Hall–Kier alpha value is -1.44. The van der Waals surface area contributed by atoms with Gasteiger partial charge in [0.15, 0.2) is 0 Å². The molecule has 0 saturated heterocycles. The maximum Gasteiger partial charge on any atom is 0.250 e. The van der Waals surface area contributed by atoms with Crippen molar-refractivity contribution < 1.29 is 18.3 Å². The van der Waals surface area contributed by atoms with Crippen LogP contribution in [0.25, 0.3) is 0 Å². The number of carbonyl (C=O) groups is 1. The molecule has 0 heterocycles. The Morgan fingerprint density at radius 1 is 1.30 bits per heavy atom. The number of aliphatic hydroxyl groups excluding tert-OH is 1. The first-order valence-electron chi connectivity index (χ1n) is 6.49. The molecule has 4 N–H and O–H groups in total. The molecule has 1 saturated carbocycles. The van der Waals surface area contributed by atoms with Crippen molar-refractivity contribution in [3.8, 4) is 0 Å². The molecule has 0 aromatic heterocycles. The van der Waals surface area contributed by atoms with Crippen LogP contribution in [0.1, 0.15) is 36.0 Å². The summed E-state index contributed by atoms with van der Waals surface area (Å²) in [5.41, 5.74) is 5.16. The quantitative estimate of drug-likeness (QED) is 0.745. The average molecular weight is 298 g/mol. The van der Waals surface area contributed by atoms with Crippen LogP contribution in [0, 0.1) is 0 Å². The number of nitrogens with one attached hydrogen (secondary N) is 1. The largest absolute Gasteiger partial charge is 0.393 e. The molecule has 6 nitrogen and oxygen atoms in total. The van der Waals surface area contributed by atoms with Crippen LogP contribution >= 0.6 is 0 Å². The maximum atomic E-state index is 12.3. The van der Waals surface area contributed by atoms with Crippen molar-refractivity contribution in [3.63, 3.8) is 0 Å². The molecule has 20 heavy (non-hydrogen) atoms. The van der Waals surface area contributed by atoms with E-state index in [1.165, 1.54) is 18.2 Å². The molecule has 110 valence electrons. The Morgan fingerprint density at radius 3 is 2.65 bits per heavy atom. The van der Waals surface area contributed by atoms with Gasteiger partial charge in [0, 0.05) is 6.04 Å². The van der Waals surface area contributed by atoms with Crippen molar-refractivity contribution in [1.29, 1.82) is 0 Å². The standard InChI is InChI=1S/C13H18N2O4S/c14-13(17)11-6-1-2-7-12(11)20(18,19)15-9-4-3-5-10(16)8-9/h1-2,6-7,9-10,15-16H,3-5,8H2,(H2,14,17)/t9-,10-/m0/s1. The van der Waals surface area contributed by atoms with E-state index in [0.717, 1.165) is 6.42 Å². The lowest BCUT2D eigenvalue weighted by atomic mass is 9.94. The third kappa shape index (κ3) is 3.36. The van der Waals surface area contributed by atoms with E-state index in [4.69, 9.17) is 5.73 Å². The Balaban J connectivity index is 2.24. The summed E-state index contributed by atoms with van der Waals surface area (Å²) < 4.78 is 27.2. The highest BCUT2D eigenvalue weighted by Gasteiger charge is 2.27. The van der Waals surface area contributed by atoms with Gasteiger partial charge in [-0.25, -0.2) is 13.1 Å². The van der Waals surface area contributed by atoms with Crippen LogP contribution < -0.4 is 10.5 Å². The molecule has 1 aromatic carbocycles. The van der Waals surface area contributed by atoms with Gasteiger partial charge >= 0.3 is 0 Å². The van der Waals surface area contributed by atoms with Crippen LogP contribution in [0.3, 0.4) is 0 Å². The number of carbonyl (C=O) groups excluding carboxylic acids is 1. The van der Waals surface area contributed by atoms with E-state index in [2.05, 4.69) is 4.72 Å². The van der Waals surface area contributed by atoms with Crippen LogP contribution in [-0.4, -0.2) is 31.6 Å². The van der Waals surface area contributed by atoms with Crippen LogP contribution in [0.5, 0.6) is 0 Å². The zero-order valence-corrected chi connectivity index (χ0v) is 11.8. The van der Waals surface area contributed by atoms with Crippen molar-refractivity contribution in [2.75, 3.05) is 0 Å². The molecule has 1 aromatic rings. The normalized spacial score (nSPS) is 23.4. The molecular formula is C13H18N2O4S. The summed E-state index contributed by atoms with van der Waals surface area (Å²) in [6.45, 7) is 0. The molecule has 1 aliphatic carbocycles. The number of primary amides is 1. The van der Waals surface area contributed by atoms with Gasteiger partial charge in [0.2, 0.25) is 15.9 Å². The minimum atomic E-state index is -3.82. The van der Waals surface area contributed by atoms with Gasteiger partial charge in [-0.1, -0.05) is 12.1 Å². The zero-order chi connectivity index (χ0) is 14.8. The zero-order valence-electron chi connectivity index (χ0n) is 11.0. The molecule has 1 amide bonds. The molecule has 0 bridgehead atoms. The van der Waals surface area contributed by atoms with Crippen molar-refractivity contribution in [2.45, 2.75) is 42.7 Å². The summed E-state index contributed by atoms with van der Waals surface area (Å²) >= 11 is 0. The number of amides is 1. The van der Waals surface area contributed by atoms with Crippen LogP contribution in [0.15, 0.2) is 29.2 Å². The van der Waals surface area contributed by atoms with E-state index in [0.29, 0.717) is 19.3 Å². The summed E-state index contributed by atoms with van der Waals surface area (Å²) in [4.78, 5) is 11.2. The smallest absolute Gasteiger partial charge is 0.250 e. The first-order chi connectivity index (χ1) is 9.40. The second-order valence-electron chi connectivity index (χ2n) is 5.00. The molecule has 0 spiro atoms. The highest BCUT2D eigenvalue weighted by molar-refractivity contribution is 7.89. The lowest BCUT2D eigenvalue weighted by molar-refractivity contribution is 0.0996. The van der Waals surface area contributed by atoms with Gasteiger partial charge in [-0.15, -0.1) is 0 Å². The summed E-state index contributed by atoms with van der Waals surface area (Å²) in [6, 6.07) is 5.51. The van der Waals surface area contributed by atoms with Crippen LogP contribution in [-0.2, 0) is 10.0 Å². The highest BCUT2D eigenvalue weighted by Crippen LogP contribution is 2.21. The molecule has 0 aliphatic heterocycles. The minimum Gasteiger partial charge on any atom is -0.393 e. The second kappa shape index (κ2) is 5.90. The number of aliphatic hydroxyl groups is 1.